The van der Waals surface area contributed by atoms with E-state index in [9.17, 15) is 0 Å². The van der Waals surface area contributed by atoms with E-state index in [0.717, 1.165) is 13.0 Å². The van der Waals surface area contributed by atoms with Gasteiger partial charge in [-0.05, 0) is 13.0 Å². The highest BCUT2D eigenvalue weighted by Crippen LogP contribution is 2.04. The van der Waals surface area contributed by atoms with Gasteiger partial charge in [-0.3, -0.25) is 0 Å². The van der Waals surface area contributed by atoms with Crippen molar-refractivity contribution in [3.05, 3.63) is 0 Å². The van der Waals surface area contributed by atoms with E-state index in [1.165, 1.54) is 25.7 Å². The summed E-state index contributed by atoms with van der Waals surface area (Å²) < 4.78 is 0. The van der Waals surface area contributed by atoms with Gasteiger partial charge in [0, 0.05) is 0 Å². The first-order chi connectivity index (χ1) is 5.85. The Morgan fingerprint density at radius 1 is 1.25 bits per heavy atom. The summed E-state index contributed by atoms with van der Waals surface area (Å²) in [5.74, 6) is 2.77. The summed E-state index contributed by atoms with van der Waals surface area (Å²) in [7, 11) is 0. The number of nitrogens with one attached hydrogen (secondary N) is 1. The normalized spacial score (nSPS) is 12.4. The third-order valence-electron chi connectivity index (χ3n) is 2.00. The fraction of sp³-hybridized carbons (Fsp3) is 0.818. The summed E-state index contributed by atoms with van der Waals surface area (Å²) in [6.45, 7) is 5.29. The van der Waals surface area contributed by atoms with E-state index >= 15 is 0 Å². The van der Waals surface area contributed by atoms with Gasteiger partial charge in [0.2, 0.25) is 0 Å². The highest BCUT2D eigenvalue weighted by molar-refractivity contribution is 4.98. The average Bonchev–Trinajstić information content (AvgIpc) is 2.10. The van der Waals surface area contributed by atoms with Gasteiger partial charge in [-0.2, -0.15) is 0 Å². The highest BCUT2D eigenvalue weighted by atomic mass is 14.9. The molecule has 0 amide bonds. The zero-order valence-electron chi connectivity index (χ0n) is 8.40. The van der Waals surface area contributed by atoms with Crippen LogP contribution in [0.25, 0.3) is 0 Å². The average molecular weight is 167 g/mol. The molecule has 0 fully saturated rings. The zero-order chi connectivity index (χ0) is 9.23. The Balaban J connectivity index is 3.27. The largest absolute Gasteiger partial charge is 0.304 e. The standard InChI is InChI=1S/C11H21N/c1-4-7-8-9-10-11(5-2)12-6-3/h2,11-12H,4,6-10H2,1,3H3. The first kappa shape index (κ1) is 11.5. The van der Waals surface area contributed by atoms with E-state index in [1.807, 2.05) is 0 Å². The van der Waals surface area contributed by atoms with E-state index in [4.69, 9.17) is 6.42 Å². The lowest BCUT2D eigenvalue weighted by Crippen LogP contribution is -2.26. The Morgan fingerprint density at radius 2 is 2.00 bits per heavy atom. The highest BCUT2D eigenvalue weighted by Gasteiger charge is 2.00. The molecule has 0 saturated carbocycles. The first-order valence-electron chi connectivity index (χ1n) is 5.04. The topological polar surface area (TPSA) is 12.0 Å². The predicted octanol–water partition coefficient (Wildman–Crippen LogP) is 2.57. The van der Waals surface area contributed by atoms with Crippen molar-refractivity contribution in [2.24, 2.45) is 0 Å². The zero-order valence-corrected chi connectivity index (χ0v) is 8.40. The van der Waals surface area contributed by atoms with Crippen molar-refractivity contribution in [2.75, 3.05) is 6.54 Å². The maximum absolute atomic E-state index is 5.36. The van der Waals surface area contributed by atoms with Crippen molar-refractivity contribution in [1.29, 1.82) is 0 Å². The predicted molar refractivity (Wildman–Crippen MR) is 55.1 cm³/mol. The molecule has 0 aromatic rings. The Bertz CT molecular complexity index is 123. The fourth-order valence-corrected chi connectivity index (χ4v) is 1.27. The van der Waals surface area contributed by atoms with Crippen LogP contribution in [0, 0.1) is 12.3 Å². The van der Waals surface area contributed by atoms with E-state index < -0.39 is 0 Å². The van der Waals surface area contributed by atoms with Crippen LogP contribution in [-0.4, -0.2) is 12.6 Å². The molecule has 0 spiro atoms. The third-order valence-corrected chi connectivity index (χ3v) is 2.00. The molecule has 0 aromatic carbocycles. The second kappa shape index (κ2) is 8.62. The molecule has 0 bridgehead atoms. The van der Waals surface area contributed by atoms with Crippen LogP contribution in [-0.2, 0) is 0 Å². The molecule has 0 rings (SSSR count). The van der Waals surface area contributed by atoms with Crippen molar-refractivity contribution in [2.45, 2.75) is 52.0 Å². The first-order valence-corrected chi connectivity index (χ1v) is 5.04. The molecule has 1 N–H and O–H groups in total. The summed E-state index contributed by atoms with van der Waals surface area (Å²) >= 11 is 0. The van der Waals surface area contributed by atoms with Gasteiger partial charge in [0.15, 0.2) is 0 Å². The fourth-order valence-electron chi connectivity index (χ4n) is 1.27. The van der Waals surface area contributed by atoms with E-state index in [-0.39, 0.29) is 0 Å². The maximum atomic E-state index is 5.36. The van der Waals surface area contributed by atoms with Crippen molar-refractivity contribution in [1.82, 2.24) is 5.32 Å². The van der Waals surface area contributed by atoms with Gasteiger partial charge in [-0.1, -0.05) is 45.5 Å². The maximum Gasteiger partial charge on any atom is 0.0686 e. The molecule has 0 aliphatic carbocycles. The van der Waals surface area contributed by atoms with Crippen LogP contribution < -0.4 is 5.32 Å². The van der Waals surface area contributed by atoms with Gasteiger partial charge in [0.1, 0.15) is 0 Å². The molecule has 0 saturated heterocycles. The summed E-state index contributed by atoms with van der Waals surface area (Å²) in [5, 5.41) is 3.27. The number of terminal acetylenes is 1. The quantitative estimate of drug-likeness (QED) is 0.454. The summed E-state index contributed by atoms with van der Waals surface area (Å²) in [6, 6.07) is 0.298. The molecule has 1 atom stereocenters. The van der Waals surface area contributed by atoms with Gasteiger partial charge in [-0.25, -0.2) is 0 Å². The SMILES string of the molecule is C#CC(CCCCCC)NCC. The van der Waals surface area contributed by atoms with E-state index in [1.54, 1.807) is 0 Å². The van der Waals surface area contributed by atoms with Crippen LogP contribution in [0.4, 0.5) is 0 Å². The molecular formula is C11H21N. The Hall–Kier alpha value is -0.480. The van der Waals surface area contributed by atoms with Crippen molar-refractivity contribution in [3.63, 3.8) is 0 Å². The van der Waals surface area contributed by atoms with Gasteiger partial charge in [0.25, 0.3) is 0 Å². The number of unbranched alkanes of at least 4 members (excludes halogenated alkanes) is 3. The number of rotatable bonds is 7. The van der Waals surface area contributed by atoms with Crippen LogP contribution in [0.5, 0.6) is 0 Å². The van der Waals surface area contributed by atoms with Crippen LogP contribution >= 0.6 is 0 Å². The number of hydrogen-bond acceptors (Lipinski definition) is 1. The van der Waals surface area contributed by atoms with Gasteiger partial charge in [-0.15, -0.1) is 6.42 Å². The summed E-state index contributed by atoms with van der Waals surface area (Å²) in [5.41, 5.74) is 0. The van der Waals surface area contributed by atoms with Crippen LogP contribution in [0.15, 0.2) is 0 Å². The van der Waals surface area contributed by atoms with Crippen molar-refractivity contribution < 1.29 is 0 Å². The third kappa shape index (κ3) is 6.24. The van der Waals surface area contributed by atoms with E-state index in [0.29, 0.717) is 6.04 Å². The molecule has 0 aliphatic heterocycles. The molecule has 0 radical (unpaired) electrons. The lowest BCUT2D eigenvalue weighted by molar-refractivity contribution is 0.539. The molecule has 1 heteroatoms. The molecule has 70 valence electrons. The molecular weight excluding hydrogens is 146 g/mol. The minimum atomic E-state index is 0.298. The van der Waals surface area contributed by atoms with Crippen molar-refractivity contribution in [3.8, 4) is 12.3 Å². The number of hydrogen-bond donors (Lipinski definition) is 1. The minimum absolute atomic E-state index is 0.298. The van der Waals surface area contributed by atoms with E-state index in [2.05, 4.69) is 25.1 Å². The van der Waals surface area contributed by atoms with Crippen LogP contribution in [0.3, 0.4) is 0 Å². The molecule has 1 nitrogen and oxygen atoms in total. The van der Waals surface area contributed by atoms with Crippen LogP contribution in [0.1, 0.15) is 46.0 Å². The second-order valence-corrected chi connectivity index (χ2v) is 3.13. The van der Waals surface area contributed by atoms with Crippen LogP contribution in [0.2, 0.25) is 0 Å². The van der Waals surface area contributed by atoms with Gasteiger partial charge >= 0.3 is 0 Å². The monoisotopic (exact) mass is 167 g/mol. The second-order valence-electron chi connectivity index (χ2n) is 3.13. The summed E-state index contributed by atoms with van der Waals surface area (Å²) in [4.78, 5) is 0. The molecule has 0 heterocycles. The molecule has 1 unspecified atom stereocenters. The smallest absolute Gasteiger partial charge is 0.0686 e. The molecule has 0 aliphatic rings. The molecule has 12 heavy (non-hydrogen) atoms. The Morgan fingerprint density at radius 3 is 2.50 bits per heavy atom. The lowest BCUT2D eigenvalue weighted by atomic mass is 10.1. The lowest BCUT2D eigenvalue weighted by Gasteiger charge is -2.10. The van der Waals surface area contributed by atoms with Gasteiger partial charge < -0.3 is 5.32 Å². The minimum Gasteiger partial charge on any atom is -0.304 e. The Kier molecular flexibility index (Phi) is 8.27. The Labute approximate surface area is 76.9 Å². The van der Waals surface area contributed by atoms with Crippen molar-refractivity contribution >= 4 is 0 Å². The molecule has 0 aromatic heterocycles. The van der Waals surface area contributed by atoms with Gasteiger partial charge in [0.05, 0.1) is 6.04 Å². The summed E-state index contributed by atoms with van der Waals surface area (Å²) in [6.07, 6.45) is 11.7.